The summed E-state index contributed by atoms with van der Waals surface area (Å²) in [5.74, 6) is 0.738. The van der Waals surface area contributed by atoms with Gasteiger partial charge in [0.25, 0.3) is 0 Å². The van der Waals surface area contributed by atoms with E-state index in [4.69, 9.17) is 0 Å². The highest BCUT2D eigenvalue weighted by Crippen LogP contribution is 2.21. The molecule has 0 aliphatic carbocycles. The second kappa shape index (κ2) is 3.77. The first-order valence-corrected chi connectivity index (χ1v) is 5.56. The summed E-state index contributed by atoms with van der Waals surface area (Å²) in [6, 6.07) is 7.88. The maximum atomic E-state index is 4.17. The van der Waals surface area contributed by atoms with Gasteiger partial charge in [-0.3, -0.25) is 0 Å². The molecule has 1 aromatic carbocycles. The fraction of sp³-hybridized carbons (Fsp3) is 0. The number of aromatic nitrogens is 2. The van der Waals surface area contributed by atoms with E-state index in [1.807, 2.05) is 24.3 Å². The van der Waals surface area contributed by atoms with Gasteiger partial charge in [-0.1, -0.05) is 28.1 Å². The van der Waals surface area contributed by atoms with Crippen molar-refractivity contribution in [2.24, 2.45) is 0 Å². The normalized spacial score (nSPS) is 10.3. The predicted octanol–water partition coefficient (Wildman–Crippen LogP) is 3.26. The molecule has 0 radical (unpaired) electrons. The standard InChI is InChI=1S/C8H5BrN2S2/c9-6-3-1-5(2-4-6)7-10-8(12)13-11-7/h1-4H,(H,10,11,12). The molecule has 0 aliphatic heterocycles. The van der Waals surface area contributed by atoms with Gasteiger partial charge in [0.2, 0.25) is 0 Å². The van der Waals surface area contributed by atoms with Gasteiger partial charge in [-0.25, -0.2) is 4.98 Å². The van der Waals surface area contributed by atoms with Crippen LogP contribution >= 0.6 is 40.1 Å². The summed E-state index contributed by atoms with van der Waals surface area (Å²) in [5.41, 5.74) is 1.01. The molecule has 66 valence electrons. The highest BCUT2D eigenvalue weighted by molar-refractivity contribution is 9.10. The molecule has 2 aromatic rings. The number of benzene rings is 1. The monoisotopic (exact) mass is 272 g/mol. The van der Waals surface area contributed by atoms with E-state index in [-0.39, 0.29) is 0 Å². The fourth-order valence-electron chi connectivity index (χ4n) is 0.932. The lowest BCUT2D eigenvalue weighted by atomic mass is 10.2. The fourth-order valence-corrected chi connectivity index (χ4v) is 1.85. The Labute approximate surface area is 93.7 Å². The zero-order chi connectivity index (χ0) is 9.26. The molecule has 1 aromatic heterocycles. The highest BCUT2D eigenvalue weighted by atomic mass is 79.9. The summed E-state index contributed by atoms with van der Waals surface area (Å²) in [7, 11) is 0. The Morgan fingerprint density at radius 3 is 2.46 bits per heavy atom. The lowest BCUT2D eigenvalue weighted by molar-refractivity contribution is 1.23. The van der Waals surface area contributed by atoms with Gasteiger partial charge in [0.15, 0.2) is 10.2 Å². The summed E-state index contributed by atoms with van der Waals surface area (Å²) in [6.45, 7) is 0. The van der Waals surface area contributed by atoms with Gasteiger partial charge < -0.3 is 0 Å². The molecule has 5 heteroatoms. The van der Waals surface area contributed by atoms with E-state index in [0.717, 1.165) is 15.9 Å². The predicted molar refractivity (Wildman–Crippen MR) is 60.3 cm³/mol. The highest BCUT2D eigenvalue weighted by Gasteiger charge is 2.02. The molecule has 0 N–H and O–H groups in total. The summed E-state index contributed by atoms with van der Waals surface area (Å²) in [6.07, 6.45) is 0. The Morgan fingerprint density at radius 1 is 1.23 bits per heavy atom. The average molecular weight is 273 g/mol. The molecular formula is C8H5BrN2S2. The Kier molecular flexibility index (Phi) is 2.66. The molecular weight excluding hydrogens is 268 g/mol. The number of thiol groups is 1. The van der Waals surface area contributed by atoms with Crippen molar-refractivity contribution in [1.82, 2.24) is 9.36 Å². The van der Waals surface area contributed by atoms with Crippen molar-refractivity contribution in [2.45, 2.75) is 4.34 Å². The topological polar surface area (TPSA) is 25.8 Å². The largest absolute Gasteiger partial charge is 0.208 e. The van der Waals surface area contributed by atoms with Crippen LogP contribution in [0, 0.1) is 0 Å². The maximum absolute atomic E-state index is 4.17. The first-order chi connectivity index (χ1) is 6.25. The molecule has 0 saturated carbocycles. The molecule has 2 rings (SSSR count). The van der Waals surface area contributed by atoms with Crippen LogP contribution in [0.15, 0.2) is 33.1 Å². The van der Waals surface area contributed by atoms with Gasteiger partial charge in [-0.15, -0.1) is 12.6 Å². The van der Waals surface area contributed by atoms with Gasteiger partial charge >= 0.3 is 0 Å². The van der Waals surface area contributed by atoms with Crippen molar-refractivity contribution >= 4 is 40.1 Å². The van der Waals surface area contributed by atoms with Crippen LogP contribution in [0.3, 0.4) is 0 Å². The van der Waals surface area contributed by atoms with E-state index in [1.54, 1.807) is 0 Å². The minimum absolute atomic E-state index is 0.693. The summed E-state index contributed by atoms with van der Waals surface area (Å²) < 4.78 is 5.90. The Bertz CT molecular complexity index is 410. The number of hydrogen-bond donors (Lipinski definition) is 1. The van der Waals surface area contributed by atoms with Crippen LogP contribution in [0.4, 0.5) is 0 Å². The Hall–Kier alpha value is -0.390. The first-order valence-electron chi connectivity index (χ1n) is 3.54. The van der Waals surface area contributed by atoms with Gasteiger partial charge in [0.05, 0.1) is 0 Å². The third-order valence-corrected chi connectivity index (χ3v) is 2.91. The van der Waals surface area contributed by atoms with Gasteiger partial charge in [0, 0.05) is 10.0 Å². The van der Waals surface area contributed by atoms with Crippen molar-refractivity contribution in [3.8, 4) is 11.4 Å². The molecule has 0 bridgehead atoms. The molecule has 0 saturated heterocycles. The quantitative estimate of drug-likeness (QED) is 0.807. The van der Waals surface area contributed by atoms with Crippen LogP contribution in [0.2, 0.25) is 0 Å². The second-order valence-corrected chi connectivity index (χ2v) is 4.80. The molecule has 0 atom stereocenters. The van der Waals surface area contributed by atoms with Crippen molar-refractivity contribution in [1.29, 1.82) is 0 Å². The lowest BCUT2D eigenvalue weighted by Crippen LogP contribution is -1.78. The summed E-state index contributed by atoms with van der Waals surface area (Å²) in [5, 5.41) is 0. The van der Waals surface area contributed by atoms with Crippen LogP contribution in [-0.4, -0.2) is 9.36 Å². The number of hydrogen-bond acceptors (Lipinski definition) is 4. The van der Waals surface area contributed by atoms with Crippen LogP contribution in [0.5, 0.6) is 0 Å². The molecule has 0 aliphatic rings. The third-order valence-electron chi connectivity index (χ3n) is 1.52. The minimum Gasteiger partial charge on any atom is -0.208 e. The Balaban J connectivity index is 2.41. The Morgan fingerprint density at radius 2 is 1.92 bits per heavy atom. The summed E-state index contributed by atoms with van der Waals surface area (Å²) >= 11 is 8.78. The average Bonchev–Trinajstić information content (AvgIpc) is 2.53. The van der Waals surface area contributed by atoms with Gasteiger partial charge in [-0.05, 0) is 23.7 Å². The zero-order valence-electron chi connectivity index (χ0n) is 6.44. The van der Waals surface area contributed by atoms with Gasteiger partial charge in [-0.2, -0.15) is 4.37 Å². The van der Waals surface area contributed by atoms with E-state index < -0.39 is 0 Å². The number of nitrogens with zero attached hydrogens (tertiary/aromatic N) is 2. The van der Waals surface area contributed by atoms with E-state index >= 15 is 0 Å². The van der Waals surface area contributed by atoms with Crippen LogP contribution in [0.25, 0.3) is 11.4 Å². The molecule has 13 heavy (non-hydrogen) atoms. The third kappa shape index (κ3) is 2.10. The SMILES string of the molecule is Sc1nc(-c2ccc(Br)cc2)ns1. The molecule has 0 unspecified atom stereocenters. The molecule has 2 nitrogen and oxygen atoms in total. The van der Waals surface area contributed by atoms with E-state index in [1.165, 1.54) is 11.5 Å². The van der Waals surface area contributed by atoms with E-state index in [0.29, 0.717) is 4.34 Å². The van der Waals surface area contributed by atoms with Crippen LogP contribution in [0.1, 0.15) is 0 Å². The molecule has 0 amide bonds. The molecule has 0 fully saturated rings. The van der Waals surface area contributed by atoms with Crippen molar-refractivity contribution < 1.29 is 0 Å². The maximum Gasteiger partial charge on any atom is 0.174 e. The lowest BCUT2D eigenvalue weighted by Gasteiger charge is -1.93. The first kappa shape index (κ1) is 9.18. The molecule has 0 spiro atoms. The minimum atomic E-state index is 0.693. The number of rotatable bonds is 1. The van der Waals surface area contributed by atoms with Crippen molar-refractivity contribution in [3.05, 3.63) is 28.7 Å². The zero-order valence-corrected chi connectivity index (χ0v) is 9.73. The second-order valence-electron chi connectivity index (χ2n) is 2.41. The summed E-state index contributed by atoms with van der Waals surface area (Å²) in [4.78, 5) is 4.17. The van der Waals surface area contributed by atoms with Crippen molar-refractivity contribution in [2.75, 3.05) is 0 Å². The smallest absolute Gasteiger partial charge is 0.174 e. The molecule has 1 heterocycles. The number of halogens is 1. The van der Waals surface area contributed by atoms with E-state index in [9.17, 15) is 0 Å². The van der Waals surface area contributed by atoms with Crippen molar-refractivity contribution in [3.63, 3.8) is 0 Å². The van der Waals surface area contributed by atoms with Crippen LogP contribution < -0.4 is 0 Å². The van der Waals surface area contributed by atoms with Crippen LogP contribution in [-0.2, 0) is 0 Å². The van der Waals surface area contributed by atoms with Gasteiger partial charge in [0.1, 0.15) is 0 Å². The van der Waals surface area contributed by atoms with E-state index in [2.05, 4.69) is 37.9 Å².